The van der Waals surface area contributed by atoms with E-state index in [1.807, 2.05) is 29.2 Å². The summed E-state index contributed by atoms with van der Waals surface area (Å²) in [7, 11) is -3.71. The normalized spacial score (nSPS) is 13.7. The molecule has 182 valence electrons. The van der Waals surface area contributed by atoms with E-state index in [1.165, 1.54) is 6.20 Å². The van der Waals surface area contributed by atoms with E-state index in [-0.39, 0.29) is 5.75 Å². The van der Waals surface area contributed by atoms with Crippen LogP contribution in [-0.4, -0.2) is 41.6 Å². The molecule has 0 saturated heterocycles. The zero-order chi connectivity index (χ0) is 24.6. The van der Waals surface area contributed by atoms with Crippen molar-refractivity contribution >= 4 is 67.4 Å². The lowest BCUT2D eigenvalue weighted by atomic mass is 10.0. The van der Waals surface area contributed by atoms with E-state index in [0.717, 1.165) is 28.2 Å². The van der Waals surface area contributed by atoms with Crippen molar-refractivity contribution in [2.24, 2.45) is 0 Å². The average molecular weight is 552 g/mol. The SMILES string of the molecule is O=S(=O)(Cc1ccccc1)n1ncc2nc(N3CCCc4c3cc(Cl)c(OCCCl)c4Cl)ccc21. The van der Waals surface area contributed by atoms with E-state index in [2.05, 4.69) is 5.10 Å². The second-order valence-corrected chi connectivity index (χ2v) is 11.1. The number of ether oxygens (including phenoxy) is 1. The molecule has 0 spiro atoms. The second-order valence-electron chi connectivity index (χ2n) is 8.09. The van der Waals surface area contributed by atoms with E-state index in [0.29, 0.717) is 57.2 Å². The molecule has 3 heterocycles. The number of rotatable bonds is 7. The molecule has 0 bridgehead atoms. The Morgan fingerprint density at radius 1 is 1.09 bits per heavy atom. The van der Waals surface area contributed by atoms with Gasteiger partial charge in [-0.05, 0) is 42.2 Å². The fraction of sp³-hybridized carbons (Fsp3) is 0.250. The molecule has 1 aliphatic rings. The molecule has 0 saturated carbocycles. The summed E-state index contributed by atoms with van der Waals surface area (Å²) in [5, 5.41) is 5.01. The summed E-state index contributed by atoms with van der Waals surface area (Å²) in [5.41, 5.74) is 3.36. The Balaban J connectivity index is 1.50. The highest BCUT2D eigenvalue weighted by atomic mass is 35.5. The van der Waals surface area contributed by atoms with Crippen molar-refractivity contribution in [1.29, 1.82) is 0 Å². The zero-order valence-corrected chi connectivity index (χ0v) is 21.6. The van der Waals surface area contributed by atoms with Crippen LogP contribution in [0.5, 0.6) is 5.75 Å². The average Bonchev–Trinajstić information content (AvgIpc) is 3.28. The topological polar surface area (TPSA) is 77.3 Å². The third-order valence-corrected chi connectivity index (χ3v) is 8.14. The quantitative estimate of drug-likeness (QED) is 0.270. The third-order valence-electron chi connectivity index (χ3n) is 5.79. The van der Waals surface area contributed by atoms with Crippen molar-refractivity contribution in [3.63, 3.8) is 0 Å². The Hall–Kier alpha value is -2.52. The van der Waals surface area contributed by atoms with Crippen LogP contribution in [0, 0.1) is 0 Å². The fourth-order valence-electron chi connectivity index (χ4n) is 4.25. The molecule has 4 aromatic rings. The van der Waals surface area contributed by atoms with Gasteiger partial charge in [0.1, 0.15) is 23.5 Å². The van der Waals surface area contributed by atoms with Crippen LogP contribution in [0.15, 0.2) is 54.7 Å². The summed E-state index contributed by atoms with van der Waals surface area (Å²) < 4.78 is 32.8. The molecule has 0 fully saturated rings. The molecule has 7 nitrogen and oxygen atoms in total. The molecule has 0 N–H and O–H groups in total. The van der Waals surface area contributed by atoms with Gasteiger partial charge in [-0.25, -0.2) is 13.4 Å². The maximum atomic E-state index is 13.0. The van der Waals surface area contributed by atoms with Crippen LogP contribution in [0.2, 0.25) is 10.0 Å². The van der Waals surface area contributed by atoms with Gasteiger partial charge in [0.05, 0.1) is 27.9 Å². The summed E-state index contributed by atoms with van der Waals surface area (Å²) >= 11 is 18.9. The maximum Gasteiger partial charge on any atom is 0.258 e. The Morgan fingerprint density at radius 2 is 1.89 bits per heavy atom. The van der Waals surface area contributed by atoms with Crippen molar-refractivity contribution < 1.29 is 13.2 Å². The van der Waals surface area contributed by atoms with Gasteiger partial charge in [-0.3, -0.25) is 0 Å². The van der Waals surface area contributed by atoms with Crippen LogP contribution in [-0.2, 0) is 22.2 Å². The third kappa shape index (κ3) is 4.68. The number of alkyl halides is 1. The van der Waals surface area contributed by atoms with Gasteiger partial charge in [-0.1, -0.05) is 53.5 Å². The first-order valence-corrected chi connectivity index (χ1v) is 13.9. The molecular formula is C24H21Cl3N4O3S. The van der Waals surface area contributed by atoms with Gasteiger partial charge < -0.3 is 9.64 Å². The number of nitrogens with zero attached hydrogens (tertiary/aromatic N) is 4. The smallest absolute Gasteiger partial charge is 0.258 e. The van der Waals surface area contributed by atoms with Gasteiger partial charge in [0.2, 0.25) is 0 Å². The molecule has 2 aromatic heterocycles. The highest BCUT2D eigenvalue weighted by Crippen LogP contribution is 2.45. The van der Waals surface area contributed by atoms with E-state index < -0.39 is 10.0 Å². The van der Waals surface area contributed by atoms with Gasteiger partial charge in [0.25, 0.3) is 10.0 Å². The molecule has 0 atom stereocenters. The first-order chi connectivity index (χ1) is 16.9. The second kappa shape index (κ2) is 9.85. The Morgan fingerprint density at radius 3 is 2.66 bits per heavy atom. The van der Waals surface area contributed by atoms with Crippen molar-refractivity contribution in [3.8, 4) is 5.75 Å². The van der Waals surface area contributed by atoms with Crippen LogP contribution in [0.25, 0.3) is 11.0 Å². The van der Waals surface area contributed by atoms with Crippen molar-refractivity contribution in [3.05, 3.63) is 75.9 Å². The highest BCUT2D eigenvalue weighted by molar-refractivity contribution is 7.89. The number of hydrogen-bond acceptors (Lipinski definition) is 6. The minimum Gasteiger partial charge on any atom is -0.489 e. The number of hydrogen-bond donors (Lipinski definition) is 0. The number of pyridine rings is 1. The number of benzene rings is 2. The summed E-state index contributed by atoms with van der Waals surface area (Å²) in [6.45, 7) is 1.01. The van der Waals surface area contributed by atoms with Gasteiger partial charge in [0, 0.05) is 12.2 Å². The number of halogens is 3. The van der Waals surface area contributed by atoms with E-state index in [4.69, 9.17) is 44.5 Å². The Kier molecular flexibility index (Phi) is 6.81. The van der Waals surface area contributed by atoms with Crippen molar-refractivity contribution in [2.75, 3.05) is 23.9 Å². The van der Waals surface area contributed by atoms with E-state index >= 15 is 0 Å². The lowest BCUT2D eigenvalue weighted by Crippen LogP contribution is -2.26. The fourth-order valence-corrected chi connectivity index (χ4v) is 6.36. The van der Waals surface area contributed by atoms with Gasteiger partial charge in [0.15, 0.2) is 5.75 Å². The van der Waals surface area contributed by atoms with Gasteiger partial charge in [-0.2, -0.15) is 9.19 Å². The van der Waals surface area contributed by atoms with Gasteiger partial charge >= 0.3 is 0 Å². The molecule has 0 aliphatic carbocycles. The van der Waals surface area contributed by atoms with Crippen LogP contribution in [0.4, 0.5) is 11.5 Å². The van der Waals surface area contributed by atoms with Crippen molar-refractivity contribution in [2.45, 2.75) is 18.6 Å². The minimum absolute atomic E-state index is 0.156. The van der Waals surface area contributed by atoms with E-state index in [1.54, 1.807) is 24.3 Å². The Bertz CT molecular complexity index is 1490. The molecular weight excluding hydrogens is 531 g/mol. The largest absolute Gasteiger partial charge is 0.489 e. The molecule has 0 unspecified atom stereocenters. The van der Waals surface area contributed by atoms with Crippen LogP contribution < -0.4 is 9.64 Å². The molecule has 5 rings (SSSR count). The summed E-state index contributed by atoms with van der Waals surface area (Å²) in [6, 6.07) is 14.3. The van der Waals surface area contributed by atoms with Gasteiger partial charge in [-0.15, -0.1) is 11.6 Å². The van der Waals surface area contributed by atoms with Crippen LogP contribution in [0.1, 0.15) is 17.5 Å². The van der Waals surface area contributed by atoms with Crippen LogP contribution >= 0.6 is 34.8 Å². The first-order valence-electron chi connectivity index (χ1n) is 11.0. The molecule has 11 heteroatoms. The summed E-state index contributed by atoms with van der Waals surface area (Å²) in [5.74, 6) is 1.26. The first kappa shape index (κ1) is 24.2. The molecule has 0 radical (unpaired) electrons. The lowest BCUT2D eigenvalue weighted by Gasteiger charge is -2.32. The maximum absolute atomic E-state index is 13.0. The summed E-state index contributed by atoms with van der Waals surface area (Å²) in [6.07, 6.45) is 3.10. The number of aromatic nitrogens is 3. The number of fused-ring (bicyclic) bond motifs is 2. The summed E-state index contributed by atoms with van der Waals surface area (Å²) in [4.78, 5) is 6.74. The standard InChI is InChI=1S/C24H21Cl3N4O3S/c25-10-12-34-24-18(26)13-21-17(23(24)27)7-4-11-30(21)22-9-8-20-19(29-22)14-28-31(20)35(32,33)15-16-5-2-1-3-6-16/h1-3,5-6,8-9,13-14H,4,7,10-12,15H2. The lowest BCUT2D eigenvalue weighted by molar-refractivity contribution is 0.343. The molecule has 35 heavy (non-hydrogen) atoms. The predicted octanol–water partition coefficient (Wildman–Crippen LogP) is 5.82. The molecule has 1 aliphatic heterocycles. The predicted molar refractivity (Wildman–Crippen MR) is 140 cm³/mol. The van der Waals surface area contributed by atoms with E-state index in [9.17, 15) is 8.42 Å². The molecule has 0 amide bonds. The Labute approximate surface area is 218 Å². The van der Waals surface area contributed by atoms with Crippen LogP contribution in [0.3, 0.4) is 0 Å². The zero-order valence-electron chi connectivity index (χ0n) is 18.5. The highest BCUT2D eigenvalue weighted by Gasteiger charge is 2.26. The van der Waals surface area contributed by atoms with Crippen molar-refractivity contribution in [1.82, 2.24) is 14.2 Å². The number of anilines is 2. The molecule has 2 aromatic carbocycles. The minimum atomic E-state index is -3.71. The monoisotopic (exact) mass is 550 g/mol.